The number of methoxy groups -OCH3 is 1. The number of para-hydroxylation sites is 1. The normalized spacial score (nSPS) is 10.5. The van der Waals surface area contributed by atoms with Crippen LogP contribution >= 0.6 is 0 Å². The predicted molar refractivity (Wildman–Crippen MR) is 104 cm³/mol. The Balaban J connectivity index is 1.89. The average molecular weight is 369 g/mol. The number of carbonyl (C=O) groups excluding carboxylic acids is 2. The van der Waals surface area contributed by atoms with E-state index >= 15 is 0 Å². The first-order valence-electron chi connectivity index (χ1n) is 8.54. The molecule has 142 valence electrons. The highest BCUT2D eigenvalue weighted by Gasteiger charge is 2.08. The Morgan fingerprint density at radius 3 is 2.59 bits per heavy atom. The predicted octanol–water partition coefficient (Wildman–Crippen LogP) is 3.60. The van der Waals surface area contributed by atoms with E-state index in [4.69, 9.17) is 14.2 Å². The van der Waals surface area contributed by atoms with Gasteiger partial charge in [-0.25, -0.2) is 4.79 Å². The zero-order valence-electron chi connectivity index (χ0n) is 15.7. The van der Waals surface area contributed by atoms with Crippen LogP contribution in [0.5, 0.6) is 11.5 Å². The Hall–Kier alpha value is -3.28. The van der Waals surface area contributed by atoms with Crippen LogP contribution < -0.4 is 14.8 Å². The Labute approximate surface area is 158 Å². The number of rotatable bonds is 8. The zero-order valence-corrected chi connectivity index (χ0v) is 15.7. The highest BCUT2D eigenvalue weighted by atomic mass is 16.5. The number of ether oxygens (including phenoxy) is 3. The first kappa shape index (κ1) is 20.0. The van der Waals surface area contributed by atoms with E-state index in [9.17, 15) is 9.59 Å². The maximum absolute atomic E-state index is 11.9. The molecule has 27 heavy (non-hydrogen) atoms. The Kier molecular flexibility index (Phi) is 7.43. The molecule has 0 saturated carbocycles. The van der Waals surface area contributed by atoms with E-state index in [2.05, 4.69) is 5.32 Å². The first-order valence-corrected chi connectivity index (χ1v) is 8.54. The molecule has 0 bridgehead atoms. The first-order chi connectivity index (χ1) is 13.0. The monoisotopic (exact) mass is 369 g/mol. The summed E-state index contributed by atoms with van der Waals surface area (Å²) >= 11 is 0. The van der Waals surface area contributed by atoms with E-state index in [1.54, 1.807) is 37.5 Å². The lowest BCUT2D eigenvalue weighted by Gasteiger charge is -2.09. The molecule has 6 nitrogen and oxygen atoms in total. The van der Waals surface area contributed by atoms with Gasteiger partial charge >= 0.3 is 5.97 Å². The minimum Gasteiger partial charge on any atom is -0.493 e. The number of benzene rings is 2. The molecule has 0 heterocycles. The molecule has 0 spiro atoms. The van der Waals surface area contributed by atoms with Crippen LogP contribution in [0.3, 0.4) is 0 Å². The molecule has 0 saturated heterocycles. The highest BCUT2D eigenvalue weighted by molar-refractivity contribution is 5.95. The number of amides is 1. The molecular weight excluding hydrogens is 346 g/mol. The topological polar surface area (TPSA) is 73.9 Å². The number of hydrogen-bond acceptors (Lipinski definition) is 5. The SMILES string of the molecule is CCOc1cc(/C=C/C(=O)OCC(=O)Nc2ccccc2C)ccc1OC. The van der Waals surface area contributed by atoms with Crippen LogP contribution in [0.25, 0.3) is 6.08 Å². The lowest BCUT2D eigenvalue weighted by Crippen LogP contribution is -2.20. The van der Waals surface area contributed by atoms with Crippen LogP contribution in [-0.2, 0) is 14.3 Å². The van der Waals surface area contributed by atoms with Gasteiger partial charge < -0.3 is 19.5 Å². The second-order valence-electron chi connectivity index (χ2n) is 5.65. The van der Waals surface area contributed by atoms with E-state index in [1.165, 1.54) is 6.08 Å². The summed E-state index contributed by atoms with van der Waals surface area (Å²) in [7, 11) is 1.56. The molecular formula is C21H23NO5. The Morgan fingerprint density at radius 2 is 1.89 bits per heavy atom. The van der Waals surface area contributed by atoms with Crippen molar-refractivity contribution < 1.29 is 23.8 Å². The van der Waals surface area contributed by atoms with Crippen molar-refractivity contribution in [2.24, 2.45) is 0 Å². The summed E-state index contributed by atoms with van der Waals surface area (Å²) in [4.78, 5) is 23.7. The number of aryl methyl sites for hydroxylation is 1. The van der Waals surface area contributed by atoms with Crippen molar-refractivity contribution in [1.82, 2.24) is 0 Å². The second kappa shape index (κ2) is 10.0. The number of nitrogens with one attached hydrogen (secondary N) is 1. The maximum Gasteiger partial charge on any atom is 0.331 e. The van der Waals surface area contributed by atoms with Gasteiger partial charge in [-0.05, 0) is 49.2 Å². The minimum atomic E-state index is -0.608. The van der Waals surface area contributed by atoms with Crippen molar-refractivity contribution >= 4 is 23.6 Å². The molecule has 2 rings (SSSR count). The van der Waals surface area contributed by atoms with Crippen LogP contribution in [0, 0.1) is 6.92 Å². The molecule has 0 aliphatic carbocycles. The third-order valence-electron chi connectivity index (χ3n) is 3.66. The lowest BCUT2D eigenvalue weighted by atomic mass is 10.2. The third kappa shape index (κ3) is 6.18. The average Bonchev–Trinajstić information content (AvgIpc) is 2.67. The minimum absolute atomic E-state index is 0.357. The molecule has 0 unspecified atom stereocenters. The molecule has 0 aliphatic rings. The van der Waals surface area contributed by atoms with Gasteiger partial charge in [0.05, 0.1) is 13.7 Å². The zero-order chi connectivity index (χ0) is 19.6. The summed E-state index contributed by atoms with van der Waals surface area (Å²) < 4.78 is 15.7. The van der Waals surface area contributed by atoms with Crippen LogP contribution in [0.2, 0.25) is 0 Å². The van der Waals surface area contributed by atoms with Gasteiger partial charge in [-0.1, -0.05) is 24.3 Å². The molecule has 0 radical (unpaired) electrons. The van der Waals surface area contributed by atoms with E-state index in [0.717, 1.165) is 11.1 Å². The number of hydrogen-bond donors (Lipinski definition) is 1. The van der Waals surface area contributed by atoms with Gasteiger partial charge in [0.25, 0.3) is 5.91 Å². The summed E-state index contributed by atoms with van der Waals surface area (Å²) in [6.45, 7) is 3.91. The van der Waals surface area contributed by atoms with Crippen molar-refractivity contribution in [3.63, 3.8) is 0 Å². The summed E-state index contributed by atoms with van der Waals surface area (Å²) in [6, 6.07) is 12.7. The molecule has 0 fully saturated rings. The van der Waals surface area contributed by atoms with E-state index < -0.39 is 11.9 Å². The number of anilines is 1. The fraction of sp³-hybridized carbons (Fsp3) is 0.238. The summed E-state index contributed by atoms with van der Waals surface area (Å²) in [5.74, 6) is 0.204. The van der Waals surface area contributed by atoms with Gasteiger partial charge in [0.2, 0.25) is 0 Å². The smallest absolute Gasteiger partial charge is 0.331 e. The van der Waals surface area contributed by atoms with Gasteiger partial charge in [-0.2, -0.15) is 0 Å². The number of esters is 1. The van der Waals surface area contributed by atoms with Crippen molar-refractivity contribution in [1.29, 1.82) is 0 Å². The molecule has 0 atom stereocenters. The van der Waals surface area contributed by atoms with Crippen molar-refractivity contribution in [3.05, 3.63) is 59.7 Å². The molecule has 1 N–H and O–H groups in total. The fourth-order valence-corrected chi connectivity index (χ4v) is 2.31. The molecule has 2 aromatic carbocycles. The Bertz CT molecular complexity index is 829. The standard InChI is InChI=1S/C21H23NO5/c1-4-26-19-13-16(9-11-18(19)25-3)10-12-21(24)27-14-20(23)22-17-8-6-5-7-15(17)2/h5-13H,4,14H2,1-3H3,(H,22,23)/b12-10+. The van der Waals surface area contributed by atoms with Crippen molar-refractivity contribution in [2.45, 2.75) is 13.8 Å². The summed E-state index contributed by atoms with van der Waals surface area (Å²) in [5.41, 5.74) is 2.37. The van der Waals surface area contributed by atoms with Crippen LogP contribution in [0.4, 0.5) is 5.69 Å². The molecule has 0 aliphatic heterocycles. The van der Waals surface area contributed by atoms with E-state index in [0.29, 0.717) is 23.8 Å². The third-order valence-corrected chi connectivity index (χ3v) is 3.66. The fourth-order valence-electron chi connectivity index (χ4n) is 2.31. The second-order valence-corrected chi connectivity index (χ2v) is 5.65. The largest absolute Gasteiger partial charge is 0.493 e. The van der Waals surface area contributed by atoms with Gasteiger partial charge in [-0.3, -0.25) is 4.79 Å². The van der Waals surface area contributed by atoms with Crippen LogP contribution in [0.1, 0.15) is 18.1 Å². The van der Waals surface area contributed by atoms with Gasteiger partial charge in [0.1, 0.15) is 0 Å². The highest BCUT2D eigenvalue weighted by Crippen LogP contribution is 2.28. The quantitative estimate of drug-likeness (QED) is 0.568. The number of carbonyl (C=O) groups is 2. The van der Waals surface area contributed by atoms with Gasteiger partial charge in [0, 0.05) is 11.8 Å². The molecule has 0 aromatic heterocycles. The maximum atomic E-state index is 11.9. The summed E-state index contributed by atoms with van der Waals surface area (Å²) in [6.07, 6.45) is 2.85. The Morgan fingerprint density at radius 1 is 1.11 bits per heavy atom. The molecule has 1 amide bonds. The summed E-state index contributed by atoms with van der Waals surface area (Å²) in [5, 5.41) is 2.70. The van der Waals surface area contributed by atoms with E-state index in [1.807, 2.05) is 32.0 Å². The van der Waals surface area contributed by atoms with E-state index in [-0.39, 0.29) is 6.61 Å². The van der Waals surface area contributed by atoms with Crippen molar-refractivity contribution in [3.8, 4) is 11.5 Å². The van der Waals surface area contributed by atoms with Crippen LogP contribution in [0.15, 0.2) is 48.5 Å². The molecule has 2 aromatic rings. The molecule has 6 heteroatoms. The van der Waals surface area contributed by atoms with Crippen molar-refractivity contribution in [2.75, 3.05) is 25.6 Å². The van der Waals surface area contributed by atoms with Gasteiger partial charge in [0.15, 0.2) is 18.1 Å². The van der Waals surface area contributed by atoms with Crippen LogP contribution in [-0.4, -0.2) is 32.2 Å². The van der Waals surface area contributed by atoms with Gasteiger partial charge in [-0.15, -0.1) is 0 Å². The lowest BCUT2D eigenvalue weighted by molar-refractivity contribution is -0.142.